The van der Waals surface area contributed by atoms with Crippen LogP contribution in [0.1, 0.15) is 181 Å². The Kier molecular flexibility index (Phi) is 13.5. The van der Waals surface area contributed by atoms with Crippen molar-refractivity contribution in [1.82, 2.24) is 0 Å². The summed E-state index contributed by atoms with van der Waals surface area (Å²) in [6.07, 6.45) is 11.2. The van der Waals surface area contributed by atoms with Gasteiger partial charge in [-0.05, 0) is 95.2 Å². The summed E-state index contributed by atoms with van der Waals surface area (Å²) in [5.41, 5.74) is 7.71. The second-order valence-corrected chi connectivity index (χ2v) is 12.0. The Labute approximate surface area is 240 Å². The zero-order chi connectivity index (χ0) is 29.1. The fraction of sp³-hybridized carbons (Fsp3) is 0.595. The molecule has 0 heterocycles. The topological polar surface area (TPSA) is 37.3 Å². The van der Waals surface area contributed by atoms with Crippen LogP contribution in [0.2, 0.25) is 0 Å². The van der Waals surface area contributed by atoms with Crippen molar-refractivity contribution in [3.8, 4) is 0 Å². The molecule has 4 atom stereocenters. The van der Waals surface area contributed by atoms with Gasteiger partial charge in [-0.15, -0.1) is 0 Å². The number of Topliss-reactive ketones (excluding diaryl/α,β-unsaturated/α-hetero) is 1. The molecule has 0 aliphatic heterocycles. The van der Waals surface area contributed by atoms with Crippen LogP contribution in [0.3, 0.4) is 0 Å². The number of allylic oxidation sites excluding steroid dienone is 1. The van der Waals surface area contributed by atoms with E-state index < -0.39 is 0 Å². The van der Waals surface area contributed by atoms with Crippen LogP contribution in [0.4, 0.5) is 0 Å². The van der Waals surface area contributed by atoms with Gasteiger partial charge in [0.1, 0.15) is 0 Å². The summed E-state index contributed by atoms with van der Waals surface area (Å²) in [4.78, 5) is 14.4. The third kappa shape index (κ3) is 8.32. The lowest BCUT2D eigenvalue weighted by molar-refractivity contribution is 0.0977. The zero-order valence-corrected chi connectivity index (χ0v) is 26.5. The largest absolute Gasteiger partial charge is 0.504 e. The molecule has 0 aromatic heterocycles. The first-order chi connectivity index (χ1) is 18.6. The van der Waals surface area contributed by atoms with Crippen LogP contribution in [0.15, 0.2) is 36.1 Å². The Morgan fingerprint density at radius 1 is 0.692 bits per heavy atom. The average molecular weight is 533 g/mol. The highest BCUT2D eigenvalue weighted by atomic mass is 16.3. The van der Waals surface area contributed by atoms with Crippen LogP contribution in [-0.4, -0.2) is 10.9 Å². The van der Waals surface area contributed by atoms with E-state index in [4.69, 9.17) is 0 Å². The highest BCUT2D eigenvalue weighted by molar-refractivity contribution is 6.12. The molecule has 0 amide bonds. The minimum Gasteiger partial charge on any atom is -0.504 e. The van der Waals surface area contributed by atoms with Crippen molar-refractivity contribution < 1.29 is 9.90 Å². The summed E-state index contributed by atoms with van der Waals surface area (Å²) in [5, 5.41) is 11.5. The zero-order valence-electron chi connectivity index (χ0n) is 26.5. The van der Waals surface area contributed by atoms with E-state index in [-0.39, 0.29) is 23.4 Å². The standard InChI is InChI=1S/C37H56O2/c1-10-15-25(6)31-20-19-29(14-5)23-30(31)24-34(38)37(39)36-33(27(8)17-12-3)22-21-32(26(7)16-11-2)35(36)28(9)18-13-4/h19-28,38H,10-18H2,1-9H3. The maximum absolute atomic E-state index is 14.4. The van der Waals surface area contributed by atoms with Gasteiger partial charge in [-0.1, -0.05) is 118 Å². The van der Waals surface area contributed by atoms with Crippen LogP contribution >= 0.6 is 0 Å². The molecule has 0 aliphatic rings. The van der Waals surface area contributed by atoms with Gasteiger partial charge in [-0.25, -0.2) is 0 Å². The van der Waals surface area contributed by atoms with Gasteiger partial charge in [-0.2, -0.15) is 0 Å². The van der Waals surface area contributed by atoms with Gasteiger partial charge in [0, 0.05) is 5.56 Å². The normalized spacial score (nSPS) is 15.2. The number of aliphatic hydroxyl groups is 1. The van der Waals surface area contributed by atoms with E-state index in [1.165, 1.54) is 22.3 Å². The van der Waals surface area contributed by atoms with Gasteiger partial charge in [0.2, 0.25) is 5.78 Å². The fourth-order valence-electron chi connectivity index (χ4n) is 6.38. The highest BCUT2D eigenvalue weighted by Crippen LogP contribution is 2.39. The number of aliphatic hydroxyl groups excluding tert-OH is 1. The molecular weight excluding hydrogens is 476 g/mol. The lowest BCUT2D eigenvalue weighted by atomic mass is 9.77. The maximum atomic E-state index is 14.4. The summed E-state index contributed by atoms with van der Waals surface area (Å²) in [6.45, 7) is 20.0. The van der Waals surface area contributed by atoms with Gasteiger partial charge < -0.3 is 5.11 Å². The smallest absolute Gasteiger partial charge is 0.227 e. The van der Waals surface area contributed by atoms with Crippen molar-refractivity contribution in [1.29, 1.82) is 0 Å². The summed E-state index contributed by atoms with van der Waals surface area (Å²) in [7, 11) is 0. The Bertz CT molecular complexity index is 1090. The summed E-state index contributed by atoms with van der Waals surface area (Å²) >= 11 is 0. The Morgan fingerprint density at radius 3 is 1.69 bits per heavy atom. The van der Waals surface area contributed by atoms with Crippen LogP contribution < -0.4 is 0 Å². The predicted molar refractivity (Wildman–Crippen MR) is 170 cm³/mol. The molecule has 2 aromatic rings. The van der Waals surface area contributed by atoms with Crippen molar-refractivity contribution in [2.24, 2.45) is 0 Å². The van der Waals surface area contributed by atoms with Gasteiger partial charge in [0.25, 0.3) is 0 Å². The monoisotopic (exact) mass is 532 g/mol. The minimum absolute atomic E-state index is 0.136. The van der Waals surface area contributed by atoms with Gasteiger partial charge in [-0.3, -0.25) is 4.79 Å². The van der Waals surface area contributed by atoms with E-state index in [0.29, 0.717) is 11.8 Å². The molecule has 0 saturated heterocycles. The Balaban J connectivity index is 2.81. The highest BCUT2D eigenvalue weighted by Gasteiger charge is 2.28. The predicted octanol–water partition coefficient (Wildman–Crippen LogP) is 11.6. The summed E-state index contributed by atoms with van der Waals surface area (Å²) < 4.78 is 0. The number of benzene rings is 2. The molecule has 0 bridgehead atoms. The van der Waals surface area contributed by atoms with E-state index >= 15 is 0 Å². The molecule has 0 fully saturated rings. The molecule has 0 radical (unpaired) electrons. The quantitative estimate of drug-likeness (QED) is 0.133. The summed E-state index contributed by atoms with van der Waals surface area (Å²) in [6, 6.07) is 11.0. The molecule has 0 spiro atoms. The third-order valence-corrected chi connectivity index (χ3v) is 8.60. The van der Waals surface area contributed by atoms with E-state index in [2.05, 4.69) is 92.6 Å². The van der Waals surface area contributed by atoms with Crippen molar-refractivity contribution in [3.05, 3.63) is 75.0 Å². The lowest BCUT2D eigenvalue weighted by Gasteiger charge is -2.27. The first kappa shape index (κ1) is 32.9. The number of hydrogen-bond acceptors (Lipinski definition) is 2. The second kappa shape index (κ2) is 16.0. The molecule has 4 unspecified atom stereocenters. The van der Waals surface area contributed by atoms with Crippen LogP contribution in [0.25, 0.3) is 6.08 Å². The molecule has 1 N–H and O–H groups in total. The second-order valence-electron chi connectivity index (χ2n) is 12.0. The first-order valence-electron chi connectivity index (χ1n) is 15.9. The molecule has 0 saturated carbocycles. The van der Waals surface area contributed by atoms with Crippen molar-refractivity contribution in [3.63, 3.8) is 0 Å². The van der Waals surface area contributed by atoms with Gasteiger partial charge >= 0.3 is 0 Å². The SMILES string of the molecule is CCCC(C)c1ccc(CC)cc1C=C(O)C(=O)c1c(C(C)CCC)ccc(C(C)CCC)c1C(C)CCC. The van der Waals surface area contributed by atoms with Crippen LogP contribution in [0, 0.1) is 0 Å². The lowest BCUT2D eigenvalue weighted by Crippen LogP contribution is -2.17. The molecule has 2 aromatic carbocycles. The van der Waals surface area contributed by atoms with E-state index in [0.717, 1.165) is 74.5 Å². The van der Waals surface area contributed by atoms with Gasteiger partial charge in [0.05, 0.1) is 0 Å². The van der Waals surface area contributed by atoms with Crippen LogP contribution in [-0.2, 0) is 6.42 Å². The number of carbonyl (C=O) groups is 1. The van der Waals surface area contributed by atoms with E-state index in [1.54, 1.807) is 6.08 Å². The Morgan fingerprint density at radius 2 is 1.15 bits per heavy atom. The molecule has 0 aliphatic carbocycles. The van der Waals surface area contributed by atoms with Crippen molar-refractivity contribution in [2.75, 3.05) is 0 Å². The number of ketones is 1. The molecule has 2 heteroatoms. The maximum Gasteiger partial charge on any atom is 0.227 e. The minimum atomic E-state index is -0.215. The van der Waals surface area contributed by atoms with E-state index in [1.807, 2.05) is 0 Å². The molecule has 2 nitrogen and oxygen atoms in total. The number of rotatable bonds is 16. The van der Waals surface area contributed by atoms with Gasteiger partial charge in [0.15, 0.2) is 5.76 Å². The molecule has 2 rings (SSSR count). The number of hydrogen-bond donors (Lipinski definition) is 1. The van der Waals surface area contributed by atoms with Crippen LogP contribution in [0.5, 0.6) is 0 Å². The Hall–Kier alpha value is -2.35. The number of aryl methyl sites for hydroxylation is 1. The molecular formula is C37H56O2. The summed E-state index contributed by atoms with van der Waals surface area (Å²) in [5.74, 6) is 0.909. The van der Waals surface area contributed by atoms with Crippen molar-refractivity contribution >= 4 is 11.9 Å². The average Bonchev–Trinajstić information content (AvgIpc) is 2.92. The fourth-order valence-corrected chi connectivity index (χ4v) is 6.38. The molecule has 216 valence electrons. The first-order valence-corrected chi connectivity index (χ1v) is 15.9. The van der Waals surface area contributed by atoms with E-state index in [9.17, 15) is 9.90 Å². The van der Waals surface area contributed by atoms with Crippen molar-refractivity contribution in [2.45, 2.75) is 144 Å². The third-order valence-electron chi connectivity index (χ3n) is 8.60. The number of carbonyl (C=O) groups excluding carboxylic acids is 1. The molecule has 39 heavy (non-hydrogen) atoms.